The molecule has 0 unspecified atom stereocenters. The van der Waals surface area contributed by atoms with Crippen LogP contribution in [-0.2, 0) is 16.1 Å². The number of rotatable bonds is 9. The lowest BCUT2D eigenvalue weighted by molar-refractivity contribution is -0.385. The number of hydrogen-bond acceptors (Lipinski definition) is 9. The zero-order valence-electron chi connectivity index (χ0n) is 19.9. The lowest BCUT2D eigenvalue weighted by Crippen LogP contribution is -2.06. The van der Waals surface area contributed by atoms with Gasteiger partial charge in [-0.3, -0.25) is 20.2 Å². The Morgan fingerprint density at radius 2 is 1.78 bits per heavy atom. The number of carbonyl (C=O) groups is 1. The number of esters is 1. The molecule has 1 heterocycles. The summed E-state index contributed by atoms with van der Waals surface area (Å²) in [7, 11) is 0. The highest BCUT2D eigenvalue weighted by molar-refractivity contribution is 6.13. The van der Waals surface area contributed by atoms with Gasteiger partial charge in [-0.2, -0.15) is 0 Å². The van der Waals surface area contributed by atoms with Crippen LogP contribution < -0.4 is 9.47 Å². The zero-order valence-corrected chi connectivity index (χ0v) is 19.9. The molecule has 1 aliphatic heterocycles. The van der Waals surface area contributed by atoms with Crippen molar-refractivity contribution in [3.63, 3.8) is 0 Å². The lowest BCUT2D eigenvalue weighted by Gasteiger charge is -2.13. The summed E-state index contributed by atoms with van der Waals surface area (Å²) in [5.74, 6) is 0.108. The SMILES string of the molecule is CCOc1cc(/C=C2\N=C(c3ccc(C)c([N+](=O)[O-])c3)OC2=O)ccc1OCc1cccc([N+](=O)[O-])c1. The van der Waals surface area contributed by atoms with Gasteiger partial charge in [0.15, 0.2) is 17.2 Å². The summed E-state index contributed by atoms with van der Waals surface area (Å²) in [6, 6.07) is 15.6. The Labute approximate surface area is 210 Å². The van der Waals surface area contributed by atoms with Gasteiger partial charge in [0.05, 0.1) is 16.5 Å². The third-order valence-electron chi connectivity index (χ3n) is 5.36. The number of benzene rings is 3. The lowest BCUT2D eigenvalue weighted by atomic mass is 10.1. The molecule has 1 aliphatic rings. The number of aryl methyl sites for hydroxylation is 1. The molecule has 11 nitrogen and oxygen atoms in total. The Morgan fingerprint density at radius 1 is 0.973 bits per heavy atom. The van der Waals surface area contributed by atoms with E-state index in [1.807, 2.05) is 0 Å². The van der Waals surface area contributed by atoms with Crippen molar-refractivity contribution in [3.8, 4) is 11.5 Å². The van der Waals surface area contributed by atoms with E-state index < -0.39 is 15.8 Å². The molecular weight excluding hydrogens is 482 g/mol. The molecule has 0 aromatic heterocycles. The van der Waals surface area contributed by atoms with Gasteiger partial charge in [-0.25, -0.2) is 9.79 Å². The van der Waals surface area contributed by atoms with E-state index in [-0.39, 0.29) is 29.6 Å². The summed E-state index contributed by atoms with van der Waals surface area (Å²) >= 11 is 0. The Bertz CT molecular complexity index is 1460. The van der Waals surface area contributed by atoms with Gasteiger partial charge in [0.25, 0.3) is 11.4 Å². The first-order chi connectivity index (χ1) is 17.7. The van der Waals surface area contributed by atoms with Gasteiger partial charge < -0.3 is 14.2 Å². The number of aliphatic imine (C=N–C) groups is 1. The van der Waals surface area contributed by atoms with E-state index in [0.29, 0.717) is 40.4 Å². The number of nitro groups is 2. The van der Waals surface area contributed by atoms with Crippen LogP contribution in [0.5, 0.6) is 11.5 Å². The second-order valence-corrected chi connectivity index (χ2v) is 7.95. The van der Waals surface area contributed by atoms with Crippen molar-refractivity contribution in [1.82, 2.24) is 0 Å². The highest BCUT2D eigenvalue weighted by atomic mass is 16.6. The highest BCUT2D eigenvalue weighted by Gasteiger charge is 2.26. The van der Waals surface area contributed by atoms with E-state index in [2.05, 4.69) is 4.99 Å². The fourth-order valence-electron chi connectivity index (χ4n) is 3.55. The molecule has 0 amide bonds. The molecule has 3 aromatic carbocycles. The van der Waals surface area contributed by atoms with Crippen molar-refractivity contribution in [2.24, 2.45) is 4.99 Å². The smallest absolute Gasteiger partial charge is 0.363 e. The van der Waals surface area contributed by atoms with Crippen LogP contribution in [0.1, 0.15) is 29.2 Å². The van der Waals surface area contributed by atoms with Crippen LogP contribution in [0.15, 0.2) is 71.4 Å². The Kier molecular flexibility index (Phi) is 7.23. The number of carbonyl (C=O) groups excluding carboxylic acids is 1. The van der Waals surface area contributed by atoms with E-state index in [0.717, 1.165) is 0 Å². The molecule has 0 spiro atoms. The Hall–Kier alpha value is -5.06. The molecule has 188 valence electrons. The van der Waals surface area contributed by atoms with Crippen molar-refractivity contribution < 1.29 is 28.9 Å². The van der Waals surface area contributed by atoms with Crippen LogP contribution in [0.2, 0.25) is 0 Å². The van der Waals surface area contributed by atoms with Crippen molar-refractivity contribution >= 4 is 29.3 Å². The first-order valence-electron chi connectivity index (χ1n) is 11.2. The van der Waals surface area contributed by atoms with E-state index in [1.54, 1.807) is 56.3 Å². The second-order valence-electron chi connectivity index (χ2n) is 7.95. The summed E-state index contributed by atoms with van der Waals surface area (Å²) < 4.78 is 16.7. The average Bonchev–Trinajstić information content (AvgIpc) is 3.24. The second kappa shape index (κ2) is 10.7. The van der Waals surface area contributed by atoms with Gasteiger partial charge >= 0.3 is 5.97 Å². The normalized spacial score (nSPS) is 13.7. The molecule has 4 rings (SSSR count). The van der Waals surface area contributed by atoms with Crippen molar-refractivity contribution in [1.29, 1.82) is 0 Å². The van der Waals surface area contributed by atoms with Crippen LogP contribution in [-0.4, -0.2) is 28.3 Å². The van der Waals surface area contributed by atoms with Crippen molar-refractivity contribution in [2.45, 2.75) is 20.5 Å². The van der Waals surface area contributed by atoms with Gasteiger partial charge in [0.1, 0.15) is 6.61 Å². The Balaban J connectivity index is 1.57. The molecular formula is C26H21N3O8. The van der Waals surface area contributed by atoms with Crippen LogP contribution in [0, 0.1) is 27.2 Å². The highest BCUT2D eigenvalue weighted by Crippen LogP contribution is 2.31. The van der Waals surface area contributed by atoms with Crippen molar-refractivity contribution in [3.05, 3.63) is 109 Å². The minimum Gasteiger partial charge on any atom is -0.490 e. The topological polar surface area (TPSA) is 143 Å². The maximum absolute atomic E-state index is 12.4. The predicted octanol–water partition coefficient (Wildman–Crippen LogP) is 5.13. The van der Waals surface area contributed by atoms with Gasteiger partial charge in [-0.1, -0.05) is 24.3 Å². The maximum atomic E-state index is 12.4. The van der Waals surface area contributed by atoms with Gasteiger partial charge in [0.2, 0.25) is 5.90 Å². The Morgan fingerprint density at radius 3 is 2.51 bits per heavy atom. The first kappa shape index (κ1) is 25.0. The molecule has 0 aliphatic carbocycles. The number of ether oxygens (including phenoxy) is 3. The summed E-state index contributed by atoms with van der Waals surface area (Å²) in [4.78, 5) is 37.9. The van der Waals surface area contributed by atoms with Crippen molar-refractivity contribution in [2.75, 3.05) is 6.61 Å². The summed E-state index contributed by atoms with van der Waals surface area (Å²) in [5.41, 5.74) is 1.88. The number of nitro benzene ring substituents is 2. The molecule has 11 heteroatoms. The minimum atomic E-state index is -0.692. The van der Waals surface area contributed by atoms with Crippen LogP contribution in [0.3, 0.4) is 0 Å². The average molecular weight is 503 g/mol. The molecule has 0 radical (unpaired) electrons. The number of non-ortho nitro benzene ring substituents is 1. The molecule has 0 atom stereocenters. The maximum Gasteiger partial charge on any atom is 0.363 e. The molecule has 3 aromatic rings. The van der Waals surface area contributed by atoms with Crippen LogP contribution in [0.25, 0.3) is 6.08 Å². The van der Waals surface area contributed by atoms with E-state index in [9.17, 15) is 25.0 Å². The third-order valence-corrected chi connectivity index (χ3v) is 5.36. The van der Waals surface area contributed by atoms with Gasteiger partial charge in [-0.15, -0.1) is 0 Å². The molecule has 0 saturated carbocycles. The molecule has 0 fully saturated rings. The standard InChI is InChI=1S/C26H21N3O8/c1-3-35-24-13-17(8-10-23(24)36-15-18-5-4-6-20(11-18)28(31)32)12-21-26(30)37-25(27-21)19-9-7-16(2)22(14-19)29(33)34/h4-14H,3,15H2,1-2H3/b21-12-. The number of cyclic esters (lactones) is 1. The van der Waals surface area contributed by atoms with Gasteiger partial charge in [-0.05, 0) is 49.2 Å². The largest absolute Gasteiger partial charge is 0.490 e. The molecule has 0 saturated heterocycles. The summed E-state index contributed by atoms with van der Waals surface area (Å²) in [5, 5.41) is 22.2. The summed E-state index contributed by atoms with van der Waals surface area (Å²) in [6.07, 6.45) is 1.50. The fraction of sp³-hybridized carbons (Fsp3) is 0.154. The first-order valence-corrected chi connectivity index (χ1v) is 11.2. The van der Waals surface area contributed by atoms with Crippen LogP contribution >= 0.6 is 0 Å². The van der Waals surface area contributed by atoms with E-state index >= 15 is 0 Å². The fourth-order valence-corrected chi connectivity index (χ4v) is 3.55. The molecule has 37 heavy (non-hydrogen) atoms. The summed E-state index contributed by atoms with van der Waals surface area (Å²) in [6.45, 7) is 3.86. The predicted molar refractivity (Wildman–Crippen MR) is 133 cm³/mol. The number of nitrogens with zero attached hydrogens (tertiary/aromatic N) is 3. The quantitative estimate of drug-likeness (QED) is 0.169. The van der Waals surface area contributed by atoms with E-state index in [1.165, 1.54) is 24.3 Å². The molecule has 0 N–H and O–H groups in total. The monoisotopic (exact) mass is 503 g/mol. The van der Waals surface area contributed by atoms with Gasteiger partial charge in [0, 0.05) is 29.3 Å². The van der Waals surface area contributed by atoms with Crippen LogP contribution in [0.4, 0.5) is 11.4 Å². The molecule has 0 bridgehead atoms. The number of hydrogen-bond donors (Lipinski definition) is 0. The minimum absolute atomic E-state index is 0.0194. The third kappa shape index (κ3) is 5.78. The van der Waals surface area contributed by atoms with E-state index in [4.69, 9.17) is 14.2 Å². The zero-order chi connectivity index (χ0) is 26.5.